The van der Waals surface area contributed by atoms with Gasteiger partial charge in [0, 0.05) is 5.39 Å². The SMILES string of the molecule is Cc1ccc(OC(F)F)c(C(=O)CSc2nc(C=Cc3ccccc3)nc3ccccc23)c1. The minimum Gasteiger partial charge on any atom is -0.434 e. The first-order valence-corrected chi connectivity index (χ1v) is 11.2. The molecule has 0 unspecified atom stereocenters. The molecule has 0 bridgehead atoms. The van der Waals surface area contributed by atoms with Crippen LogP contribution >= 0.6 is 11.8 Å². The normalized spacial score (nSPS) is 11.4. The third-order valence-electron chi connectivity index (χ3n) is 4.80. The molecule has 1 heterocycles. The first-order valence-electron chi connectivity index (χ1n) is 10.2. The highest BCUT2D eigenvalue weighted by atomic mass is 32.2. The van der Waals surface area contributed by atoms with Gasteiger partial charge in [-0.15, -0.1) is 0 Å². The minimum absolute atomic E-state index is 0.0197. The second-order valence-corrected chi connectivity index (χ2v) is 8.20. The Kier molecular flexibility index (Phi) is 7.10. The number of nitrogens with zero attached hydrogens (tertiary/aromatic N) is 2. The van der Waals surface area contributed by atoms with E-state index in [2.05, 4.69) is 14.7 Å². The van der Waals surface area contributed by atoms with Crippen LogP contribution in [0.3, 0.4) is 0 Å². The van der Waals surface area contributed by atoms with Crippen molar-refractivity contribution in [1.82, 2.24) is 9.97 Å². The van der Waals surface area contributed by atoms with Crippen LogP contribution in [0, 0.1) is 6.92 Å². The number of para-hydroxylation sites is 1. The van der Waals surface area contributed by atoms with Gasteiger partial charge in [-0.3, -0.25) is 4.79 Å². The van der Waals surface area contributed by atoms with Gasteiger partial charge in [-0.2, -0.15) is 8.78 Å². The molecule has 0 aliphatic heterocycles. The van der Waals surface area contributed by atoms with Crippen molar-refractivity contribution in [2.45, 2.75) is 18.6 Å². The lowest BCUT2D eigenvalue weighted by Gasteiger charge is -2.11. The summed E-state index contributed by atoms with van der Waals surface area (Å²) in [5, 5.41) is 1.46. The van der Waals surface area contributed by atoms with Crippen molar-refractivity contribution in [2.75, 3.05) is 5.75 Å². The zero-order valence-electron chi connectivity index (χ0n) is 17.7. The van der Waals surface area contributed by atoms with Crippen molar-refractivity contribution in [2.24, 2.45) is 0 Å². The quantitative estimate of drug-likeness (QED) is 0.166. The number of hydrogen-bond donors (Lipinski definition) is 0. The fourth-order valence-corrected chi connectivity index (χ4v) is 4.17. The molecule has 4 nitrogen and oxygen atoms in total. The summed E-state index contributed by atoms with van der Waals surface area (Å²) >= 11 is 1.24. The van der Waals surface area contributed by atoms with Crippen molar-refractivity contribution < 1.29 is 18.3 Å². The maximum Gasteiger partial charge on any atom is 0.387 e. The zero-order valence-corrected chi connectivity index (χ0v) is 18.6. The fraction of sp³-hybridized carbons (Fsp3) is 0.115. The van der Waals surface area contributed by atoms with Crippen molar-refractivity contribution in [3.8, 4) is 5.75 Å². The molecule has 3 aromatic carbocycles. The Labute approximate surface area is 194 Å². The van der Waals surface area contributed by atoms with Crippen LogP contribution in [-0.4, -0.2) is 28.1 Å². The van der Waals surface area contributed by atoms with Crippen molar-refractivity contribution in [1.29, 1.82) is 0 Å². The average molecular weight is 463 g/mol. The van der Waals surface area contributed by atoms with Crippen LogP contribution in [0.15, 0.2) is 77.8 Å². The predicted octanol–water partition coefficient (Wildman–Crippen LogP) is 6.69. The second kappa shape index (κ2) is 10.4. The standard InChI is InChI=1S/C26H20F2N2O2S/c1-17-11-13-23(32-26(27)28)20(15-17)22(31)16-33-25-19-9-5-6-10-21(19)29-24(30-25)14-12-18-7-3-2-4-8-18/h2-15,26H,16H2,1H3. The van der Waals surface area contributed by atoms with E-state index in [0.29, 0.717) is 10.9 Å². The zero-order chi connectivity index (χ0) is 23.2. The summed E-state index contributed by atoms with van der Waals surface area (Å²) in [4.78, 5) is 22.1. The van der Waals surface area contributed by atoms with Crippen LogP contribution in [0.2, 0.25) is 0 Å². The summed E-state index contributed by atoms with van der Waals surface area (Å²) in [6, 6.07) is 21.9. The van der Waals surface area contributed by atoms with Gasteiger partial charge in [0.25, 0.3) is 0 Å². The number of alkyl halides is 2. The molecule has 0 aliphatic rings. The van der Waals surface area contributed by atoms with Crippen molar-refractivity contribution in [3.63, 3.8) is 0 Å². The summed E-state index contributed by atoms with van der Waals surface area (Å²) in [7, 11) is 0. The molecule has 0 saturated carbocycles. The Morgan fingerprint density at radius 3 is 2.55 bits per heavy atom. The lowest BCUT2D eigenvalue weighted by molar-refractivity contribution is -0.0501. The topological polar surface area (TPSA) is 52.1 Å². The minimum atomic E-state index is -3.00. The number of ether oxygens (including phenoxy) is 1. The summed E-state index contributed by atoms with van der Waals surface area (Å²) < 4.78 is 30.1. The number of benzene rings is 3. The summed E-state index contributed by atoms with van der Waals surface area (Å²) in [6.45, 7) is -1.21. The molecular weight excluding hydrogens is 442 g/mol. The molecule has 0 fully saturated rings. The Morgan fingerprint density at radius 1 is 1.00 bits per heavy atom. The van der Waals surface area contributed by atoms with Gasteiger partial charge in [-0.25, -0.2) is 9.97 Å². The second-order valence-electron chi connectivity index (χ2n) is 7.24. The summed E-state index contributed by atoms with van der Waals surface area (Å²) in [5.41, 5.74) is 2.69. The van der Waals surface area contributed by atoms with Crippen molar-refractivity contribution in [3.05, 3.63) is 95.3 Å². The number of fused-ring (bicyclic) bond motifs is 1. The van der Waals surface area contributed by atoms with Crippen LogP contribution in [0.1, 0.15) is 27.3 Å². The van der Waals surface area contributed by atoms with Gasteiger partial charge in [-0.1, -0.05) is 78.0 Å². The summed E-state index contributed by atoms with van der Waals surface area (Å²) in [5.74, 6) is 0.0970. The Bertz CT molecular complexity index is 1310. The molecule has 0 amide bonds. The highest BCUT2D eigenvalue weighted by molar-refractivity contribution is 8.00. The maximum absolute atomic E-state index is 12.9. The molecule has 0 aliphatic carbocycles. The van der Waals surface area contributed by atoms with Gasteiger partial charge >= 0.3 is 6.61 Å². The number of aromatic nitrogens is 2. The van der Waals surface area contributed by atoms with Gasteiger partial charge in [0.1, 0.15) is 10.8 Å². The van der Waals surface area contributed by atoms with Gasteiger partial charge in [0.2, 0.25) is 0 Å². The molecule has 0 radical (unpaired) electrons. The van der Waals surface area contributed by atoms with Gasteiger partial charge in [-0.05, 0) is 36.8 Å². The molecule has 166 valence electrons. The van der Waals surface area contributed by atoms with Crippen molar-refractivity contribution >= 4 is 40.6 Å². The van der Waals surface area contributed by atoms with Crippen LogP contribution in [-0.2, 0) is 0 Å². The van der Waals surface area contributed by atoms with Crippen LogP contribution < -0.4 is 4.74 Å². The fourth-order valence-electron chi connectivity index (χ4n) is 3.26. The Balaban J connectivity index is 1.60. The van der Waals surface area contributed by atoms with E-state index in [1.54, 1.807) is 19.1 Å². The van der Waals surface area contributed by atoms with E-state index in [1.165, 1.54) is 17.8 Å². The smallest absolute Gasteiger partial charge is 0.387 e. The molecule has 0 N–H and O–H groups in total. The predicted molar refractivity (Wildman–Crippen MR) is 128 cm³/mol. The first kappa shape index (κ1) is 22.6. The molecule has 7 heteroatoms. The molecule has 0 saturated heterocycles. The third-order valence-corrected chi connectivity index (χ3v) is 5.79. The highest BCUT2D eigenvalue weighted by Crippen LogP contribution is 2.29. The van der Waals surface area contributed by atoms with Gasteiger partial charge < -0.3 is 4.74 Å². The molecule has 33 heavy (non-hydrogen) atoms. The maximum atomic E-state index is 12.9. The van der Waals surface area contributed by atoms with Gasteiger partial charge in [0.15, 0.2) is 11.6 Å². The number of Topliss-reactive ketones (excluding diaryl/α,β-unsaturated/α-hetero) is 1. The number of ketones is 1. The monoisotopic (exact) mass is 462 g/mol. The molecule has 4 rings (SSSR count). The van der Waals surface area contributed by atoms with Gasteiger partial charge in [0.05, 0.1) is 16.8 Å². The summed E-state index contributed by atoms with van der Waals surface area (Å²) in [6.07, 6.45) is 3.74. The molecular formula is C26H20F2N2O2S. The van der Waals surface area contributed by atoms with E-state index in [9.17, 15) is 13.6 Å². The molecule has 0 atom stereocenters. The van der Waals surface area contributed by atoms with Crippen LogP contribution in [0.4, 0.5) is 8.78 Å². The average Bonchev–Trinajstić information content (AvgIpc) is 2.82. The number of halogens is 2. The number of hydrogen-bond acceptors (Lipinski definition) is 5. The van der Waals surface area contributed by atoms with E-state index >= 15 is 0 Å². The third kappa shape index (κ3) is 5.81. The van der Waals surface area contributed by atoms with Crippen LogP contribution in [0.5, 0.6) is 5.75 Å². The van der Waals surface area contributed by atoms with E-state index in [-0.39, 0.29) is 22.8 Å². The molecule has 1 aromatic heterocycles. The van der Waals surface area contributed by atoms with E-state index in [0.717, 1.165) is 22.0 Å². The Hall–Kier alpha value is -3.58. The molecule has 0 spiro atoms. The molecule has 4 aromatic rings. The Morgan fingerprint density at radius 2 is 1.76 bits per heavy atom. The highest BCUT2D eigenvalue weighted by Gasteiger charge is 2.17. The van der Waals surface area contributed by atoms with E-state index in [4.69, 9.17) is 0 Å². The number of rotatable bonds is 8. The lowest BCUT2D eigenvalue weighted by atomic mass is 10.1. The van der Waals surface area contributed by atoms with E-state index in [1.807, 2.05) is 66.7 Å². The number of carbonyl (C=O) groups is 1. The number of carbonyl (C=O) groups excluding carboxylic acids is 1. The first-order chi connectivity index (χ1) is 16.0. The van der Waals surface area contributed by atoms with Crippen LogP contribution in [0.25, 0.3) is 23.1 Å². The van der Waals surface area contributed by atoms with E-state index < -0.39 is 6.61 Å². The number of thioether (sulfide) groups is 1. The number of aryl methyl sites for hydroxylation is 1. The largest absolute Gasteiger partial charge is 0.434 e. The lowest BCUT2D eigenvalue weighted by Crippen LogP contribution is -2.10.